The molecular weight excluding hydrogens is 913 g/mol. The highest BCUT2D eigenvalue weighted by molar-refractivity contribution is 6.27. The highest BCUT2D eigenvalue weighted by Gasteiger charge is 2.21. The summed E-state index contributed by atoms with van der Waals surface area (Å²) in [6.45, 7) is 0. The molecule has 16 aromatic carbocycles. The molecule has 350 valence electrons. The van der Waals surface area contributed by atoms with E-state index in [-0.39, 0.29) is 0 Å². The Hall–Kier alpha value is -9.88. The second-order valence-corrected chi connectivity index (χ2v) is 20.6. The lowest BCUT2D eigenvalue weighted by Crippen LogP contribution is -1.93. The van der Waals surface area contributed by atoms with E-state index in [0.29, 0.717) is 0 Å². The van der Waals surface area contributed by atoms with Crippen LogP contribution in [0.4, 0.5) is 0 Å². The van der Waals surface area contributed by atoms with Gasteiger partial charge in [-0.1, -0.05) is 243 Å². The summed E-state index contributed by atoms with van der Waals surface area (Å²) in [6.07, 6.45) is 0. The summed E-state index contributed by atoms with van der Waals surface area (Å²) in [5.41, 5.74) is 12.3. The van der Waals surface area contributed by atoms with Crippen molar-refractivity contribution >= 4 is 108 Å². The summed E-state index contributed by atoms with van der Waals surface area (Å²) >= 11 is 0. The third-order valence-electron chi connectivity index (χ3n) is 16.5. The van der Waals surface area contributed by atoms with Gasteiger partial charge in [0.1, 0.15) is 0 Å². The van der Waals surface area contributed by atoms with Crippen molar-refractivity contribution in [3.8, 4) is 55.6 Å². The summed E-state index contributed by atoms with van der Waals surface area (Å²) in [5.74, 6) is 0. The van der Waals surface area contributed by atoms with E-state index in [1.165, 1.54) is 163 Å². The first-order chi connectivity index (χ1) is 37.7. The Morgan fingerprint density at radius 2 is 0.408 bits per heavy atom. The molecule has 16 rings (SSSR count). The van der Waals surface area contributed by atoms with Gasteiger partial charge in [0, 0.05) is 0 Å². The van der Waals surface area contributed by atoms with Gasteiger partial charge in [-0.15, -0.1) is 0 Å². The second kappa shape index (κ2) is 16.8. The number of hydrogen-bond donors (Lipinski definition) is 0. The molecule has 0 radical (unpaired) electrons. The quantitative estimate of drug-likeness (QED) is 0.119. The highest BCUT2D eigenvalue weighted by atomic mass is 14.2. The Morgan fingerprint density at radius 1 is 0.132 bits per heavy atom. The molecule has 0 bridgehead atoms. The first-order valence-corrected chi connectivity index (χ1v) is 26.5. The third kappa shape index (κ3) is 6.51. The Bertz CT molecular complexity index is 4680. The van der Waals surface area contributed by atoms with Gasteiger partial charge in [-0.3, -0.25) is 0 Å². The summed E-state index contributed by atoms with van der Waals surface area (Å²) in [5, 5.41) is 25.2. The van der Waals surface area contributed by atoms with E-state index >= 15 is 0 Å². The standard InChI is InChI=1S/C76H46/c1-3-25-57-47(17-1)37-39-53-43-51-21-15-35-67(71(51)45-69(53)57)75-63-31-9-5-27-59(63)73(60-28-6-10-32-64(60)75)55-23-13-19-49(41-55)50-20-14-24-56(42-50)74-61-29-7-11-33-65(61)76(66-34-12-8-30-62(66)74)68-36-16-22-52-44-54-40-38-48-18-2-4-26-58(48)70(54)46-72(52)68/h1-46H. The molecule has 0 atom stereocenters. The minimum absolute atomic E-state index is 1.19. The minimum Gasteiger partial charge on any atom is -0.0616 e. The van der Waals surface area contributed by atoms with Crippen molar-refractivity contribution < 1.29 is 0 Å². The smallest absolute Gasteiger partial charge is 0.00201 e. The Labute approximate surface area is 440 Å². The van der Waals surface area contributed by atoms with Crippen LogP contribution < -0.4 is 0 Å². The van der Waals surface area contributed by atoms with Crippen LogP contribution in [0.5, 0.6) is 0 Å². The average Bonchev–Trinajstić information content (AvgIpc) is 3.54. The molecule has 0 saturated heterocycles. The number of benzene rings is 16. The van der Waals surface area contributed by atoms with Crippen molar-refractivity contribution in [3.05, 3.63) is 279 Å². The van der Waals surface area contributed by atoms with Crippen LogP contribution in [0.3, 0.4) is 0 Å². The number of fused-ring (bicyclic) bond motifs is 12. The Balaban J connectivity index is 0.859. The van der Waals surface area contributed by atoms with E-state index in [9.17, 15) is 0 Å². The van der Waals surface area contributed by atoms with E-state index in [1.807, 2.05) is 0 Å². The normalized spacial score (nSPS) is 11.9. The van der Waals surface area contributed by atoms with Crippen LogP contribution in [0.2, 0.25) is 0 Å². The second-order valence-electron chi connectivity index (χ2n) is 20.6. The number of hydrogen-bond acceptors (Lipinski definition) is 0. The van der Waals surface area contributed by atoms with Crippen LogP contribution in [-0.2, 0) is 0 Å². The molecule has 0 spiro atoms. The predicted octanol–water partition coefficient (Wildman–Crippen LogP) is 21.6. The van der Waals surface area contributed by atoms with Gasteiger partial charge in [0.15, 0.2) is 0 Å². The molecule has 0 heteroatoms. The monoisotopic (exact) mass is 958 g/mol. The molecule has 0 aliphatic carbocycles. The first-order valence-electron chi connectivity index (χ1n) is 26.5. The predicted molar refractivity (Wildman–Crippen MR) is 329 cm³/mol. The Morgan fingerprint density at radius 3 is 0.789 bits per heavy atom. The fraction of sp³-hybridized carbons (Fsp3) is 0. The van der Waals surface area contributed by atoms with Crippen molar-refractivity contribution in [3.63, 3.8) is 0 Å². The molecule has 0 saturated carbocycles. The van der Waals surface area contributed by atoms with E-state index < -0.39 is 0 Å². The molecule has 76 heavy (non-hydrogen) atoms. The molecule has 0 aliphatic heterocycles. The fourth-order valence-corrected chi connectivity index (χ4v) is 13.2. The van der Waals surface area contributed by atoms with Crippen LogP contribution in [0.25, 0.3) is 163 Å². The van der Waals surface area contributed by atoms with E-state index in [1.54, 1.807) is 0 Å². The topological polar surface area (TPSA) is 0 Å². The molecule has 0 aromatic heterocycles. The van der Waals surface area contributed by atoms with Crippen LogP contribution >= 0.6 is 0 Å². The molecule has 0 fully saturated rings. The van der Waals surface area contributed by atoms with Crippen LogP contribution in [0, 0.1) is 0 Å². The lowest BCUT2D eigenvalue weighted by Gasteiger charge is -2.20. The van der Waals surface area contributed by atoms with Gasteiger partial charge in [0.2, 0.25) is 0 Å². The average molecular weight is 959 g/mol. The maximum Gasteiger partial charge on any atom is -0.00201 e. The maximum atomic E-state index is 2.44. The maximum absolute atomic E-state index is 2.44. The van der Waals surface area contributed by atoms with Crippen LogP contribution in [0.15, 0.2) is 279 Å². The van der Waals surface area contributed by atoms with Gasteiger partial charge in [-0.25, -0.2) is 0 Å². The van der Waals surface area contributed by atoms with Gasteiger partial charge in [0.25, 0.3) is 0 Å². The summed E-state index contributed by atoms with van der Waals surface area (Å²) in [4.78, 5) is 0. The zero-order chi connectivity index (χ0) is 49.8. The van der Waals surface area contributed by atoms with Crippen molar-refractivity contribution in [1.82, 2.24) is 0 Å². The van der Waals surface area contributed by atoms with Crippen LogP contribution in [-0.4, -0.2) is 0 Å². The minimum atomic E-state index is 1.19. The molecule has 0 unspecified atom stereocenters. The highest BCUT2D eigenvalue weighted by Crippen LogP contribution is 2.49. The molecule has 0 aliphatic rings. The largest absolute Gasteiger partial charge is 0.0616 e. The van der Waals surface area contributed by atoms with Crippen molar-refractivity contribution in [1.29, 1.82) is 0 Å². The molecule has 0 N–H and O–H groups in total. The van der Waals surface area contributed by atoms with Gasteiger partial charge in [0.05, 0.1) is 0 Å². The fourth-order valence-electron chi connectivity index (χ4n) is 13.2. The van der Waals surface area contributed by atoms with E-state index in [2.05, 4.69) is 279 Å². The number of rotatable bonds is 5. The van der Waals surface area contributed by atoms with Crippen molar-refractivity contribution in [2.75, 3.05) is 0 Å². The van der Waals surface area contributed by atoms with Crippen molar-refractivity contribution in [2.45, 2.75) is 0 Å². The van der Waals surface area contributed by atoms with E-state index in [4.69, 9.17) is 0 Å². The summed E-state index contributed by atoms with van der Waals surface area (Å²) < 4.78 is 0. The Kier molecular flexibility index (Phi) is 9.44. The molecule has 0 nitrogen and oxygen atoms in total. The molecule has 0 heterocycles. The summed E-state index contributed by atoms with van der Waals surface area (Å²) in [6, 6.07) is 104. The third-order valence-corrected chi connectivity index (χ3v) is 16.5. The van der Waals surface area contributed by atoms with Gasteiger partial charge in [-0.05, 0) is 200 Å². The first kappa shape index (κ1) is 42.6. The molecule has 16 aromatic rings. The zero-order valence-electron chi connectivity index (χ0n) is 41.6. The van der Waals surface area contributed by atoms with Crippen LogP contribution in [0.1, 0.15) is 0 Å². The molecular formula is C76H46. The zero-order valence-corrected chi connectivity index (χ0v) is 41.6. The lowest BCUT2D eigenvalue weighted by atomic mass is 9.83. The van der Waals surface area contributed by atoms with E-state index in [0.717, 1.165) is 0 Å². The van der Waals surface area contributed by atoms with Gasteiger partial charge >= 0.3 is 0 Å². The van der Waals surface area contributed by atoms with Gasteiger partial charge in [-0.2, -0.15) is 0 Å². The lowest BCUT2D eigenvalue weighted by molar-refractivity contribution is 1.60. The summed E-state index contributed by atoms with van der Waals surface area (Å²) in [7, 11) is 0. The molecule has 0 amide bonds. The van der Waals surface area contributed by atoms with Crippen molar-refractivity contribution in [2.24, 2.45) is 0 Å². The van der Waals surface area contributed by atoms with Gasteiger partial charge < -0.3 is 0 Å². The SMILES string of the molecule is c1cc(-c2cccc(-c3c4ccccc4c(-c4cccc5cc6ccc7ccccc7c6cc45)c4ccccc34)c2)cc(-c2c3ccccc3c(-c3cccc4cc5ccc6ccccc6c5cc34)c3ccccc23)c1.